The van der Waals surface area contributed by atoms with Crippen LogP contribution in [0.2, 0.25) is 0 Å². The number of aliphatic carboxylic acids is 1. The van der Waals surface area contributed by atoms with Gasteiger partial charge in [-0.2, -0.15) is 0 Å². The molecule has 1 aromatic rings. The van der Waals surface area contributed by atoms with E-state index in [2.05, 4.69) is 4.98 Å². The van der Waals surface area contributed by atoms with Gasteiger partial charge < -0.3 is 14.9 Å². The predicted octanol–water partition coefficient (Wildman–Crippen LogP) is 1.08. The summed E-state index contributed by atoms with van der Waals surface area (Å²) in [6.07, 6.45) is 2.97. The largest absolute Gasteiger partial charge is 0.481 e. The van der Waals surface area contributed by atoms with Gasteiger partial charge >= 0.3 is 5.97 Å². The minimum Gasteiger partial charge on any atom is -0.481 e. The van der Waals surface area contributed by atoms with Crippen molar-refractivity contribution in [3.8, 4) is 0 Å². The number of carbonyl (C=O) groups excluding carboxylic acids is 1. The van der Waals surface area contributed by atoms with Crippen molar-refractivity contribution < 1.29 is 14.7 Å². The fourth-order valence-corrected chi connectivity index (χ4v) is 2.34. The molecule has 6 nitrogen and oxygen atoms in total. The van der Waals surface area contributed by atoms with Gasteiger partial charge in [-0.1, -0.05) is 0 Å². The van der Waals surface area contributed by atoms with Crippen LogP contribution in [0.3, 0.4) is 0 Å². The van der Waals surface area contributed by atoms with Gasteiger partial charge in [0.05, 0.1) is 5.92 Å². The molecule has 1 unspecified atom stereocenters. The van der Waals surface area contributed by atoms with Gasteiger partial charge in [-0.05, 0) is 25.0 Å². The number of anilines is 1. The van der Waals surface area contributed by atoms with E-state index in [1.54, 1.807) is 23.2 Å². The van der Waals surface area contributed by atoms with E-state index in [-0.39, 0.29) is 12.5 Å². The van der Waals surface area contributed by atoms with Crippen molar-refractivity contribution in [1.82, 2.24) is 9.88 Å². The Hall–Kier alpha value is -2.11. The van der Waals surface area contributed by atoms with E-state index in [0.29, 0.717) is 24.3 Å². The second-order valence-corrected chi connectivity index (χ2v) is 5.23. The number of likely N-dealkylation sites (tertiary alicyclic amines) is 1. The molecule has 2 heterocycles. The smallest absolute Gasteiger partial charge is 0.308 e. The monoisotopic (exact) mass is 277 g/mol. The Kier molecular flexibility index (Phi) is 4.22. The maximum Gasteiger partial charge on any atom is 0.308 e. The van der Waals surface area contributed by atoms with Crippen molar-refractivity contribution in [2.24, 2.45) is 5.92 Å². The third-order valence-corrected chi connectivity index (χ3v) is 3.51. The SMILES string of the molecule is CN(C)c1cc(C(=O)N2CCCC(C(=O)O)C2)ccn1. The lowest BCUT2D eigenvalue weighted by Crippen LogP contribution is -2.42. The molecule has 0 radical (unpaired) electrons. The second kappa shape index (κ2) is 5.90. The number of carboxylic acids is 1. The molecule has 1 saturated heterocycles. The van der Waals surface area contributed by atoms with Crippen LogP contribution < -0.4 is 4.90 Å². The predicted molar refractivity (Wildman–Crippen MR) is 74.8 cm³/mol. The van der Waals surface area contributed by atoms with Crippen LogP contribution in [0.15, 0.2) is 18.3 Å². The van der Waals surface area contributed by atoms with E-state index in [4.69, 9.17) is 5.11 Å². The molecule has 0 aromatic carbocycles. The Morgan fingerprint density at radius 2 is 2.20 bits per heavy atom. The van der Waals surface area contributed by atoms with Gasteiger partial charge in [-0.3, -0.25) is 9.59 Å². The fraction of sp³-hybridized carbons (Fsp3) is 0.500. The first-order valence-corrected chi connectivity index (χ1v) is 6.64. The van der Waals surface area contributed by atoms with Crippen LogP contribution in [-0.2, 0) is 4.79 Å². The number of nitrogens with zero attached hydrogens (tertiary/aromatic N) is 3. The third kappa shape index (κ3) is 3.07. The molecule has 0 bridgehead atoms. The molecule has 20 heavy (non-hydrogen) atoms. The van der Waals surface area contributed by atoms with Crippen molar-refractivity contribution >= 4 is 17.7 Å². The molecule has 1 atom stereocenters. The molecule has 1 aromatic heterocycles. The Morgan fingerprint density at radius 1 is 1.45 bits per heavy atom. The summed E-state index contributed by atoms with van der Waals surface area (Å²) in [6.45, 7) is 0.899. The number of amides is 1. The second-order valence-electron chi connectivity index (χ2n) is 5.23. The summed E-state index contributed by atoms with van der Waals surface area (Å²) in [5.74, 6) is -0.696. The van der Waals surface area contributed by atoms with Crippen molar-refractivity contribution in [3.05, 3.63) is 23.9 Å². The van der Waals surface area contributed by atoms with Crippen molar-refractivity contribution in [1.29, 1.82) is 0 Å². The van der Waals surface area contributed by atoms with Crippen LogP contribution >= 0.6 is 0 Å². The van der Waals surface area contributed by atoms with Crippen molar-refractivity contribution in [2.75, 3.05) is 32.1 Å². The minimum atomic E-state index is -0.828. The summed E-state index contributed by atoms with van der Waals surface area (Å²) in [5, 5.41) is 9.07. The number of aromatic nitrogens is 1. The Labute approximate surface area is 118 Å². The van der Waals surface area contributed by atoms with E-state index >= 15 is 0 Å². The number of piperidine rings is 1. The quantitative estimate of drug-likeness (QED) is 0.895. The molecule has 1 fully saturated rings. The summed E-state index contributed by atoms with van der Waals surface area (Å²) in [4.78, 5) is 31.1. The summed E-state index contributed by atoms with van der Waals surface area (Å²) < 4.78 is 0. The summed E-state index contributed by atoms with van der Waals surface area (Å²) in [5.41, 5.74) is 0.551. The molecule has 0 saturated carbocycles. The number of carboxylic acid groups (broad SMARTS) is 1. The number of hydrogen-bond donors (Lipinski definition) is 1. The molecule has 2 rings (SSSR count). The van der Waals surface area contributed by atoms with Crippen molar-refractivity contribution in [3.63, 3.8) is 0 Å². The first kappa shape index (κ1) is 14.3. The van der Waals surface area contributed by atoms with Gasteiger partial charge in [0.25, 0.3) is 5.91 Å². The molecule has 108 valence electrons. The third-order valence-electron chi connectivity index (χ3n) is 3.51. The molecule has 0 aliphatic carbocycles. The number of pyridine rings is 1. The van der Waals surface area contributed by atoms with E-state index in [1.165, 1.54) is 0 Å². The van der Waals surface area contributed by atoms with Gasteiger partial charge in [-0.15, -0.1) is 0 Å². The van der Waals surface area contributed by atoms with Gasteiger partial charge in [0.2, 0.25) is 0 Å². The average Bonchev–Trinajstić information content (AvgIpc) is 2.46. The number of carbonyl (C=O) groups is 2. The van der Waals surface area contributed by atoms with Crippen LogP contribution in [0.5, 0.6) is 0 Å². The maximum absolute atomic E-state index is 12.4. The average molecular weight is 277 g/mol. The molecule has 1 aliphatic heterocycles. The van der Waals surface area contributed by atoms with E-state index < -0.39 is 11.9 Å². The minimum absolute atomic E-state index is 0.124. The number of hydrogen-bond acceptors (Lipinski definition) is 4. The zero-order chi connectivity index (χ0) is 14.7. The lowest BCUT2D eigenvalue weighted by atomic mass is 9.98. The van der Waals surface area contributed by atoms with Crippen LogP contribution in [-0.4, -0.2) is 54.1 Å². The first-order valence-electron chi connectivity index (χ1n) is 6.64. The van der Waals surface area contributed by atoms with Crippen LogP contribution in [0.1, 0.15) is 23.2 Å². The zero-order valence-electron chi connectivity index (χ0n) is 11.7. The molecular formula is C14H19N3O3. The summed E-state index contributed by atoms with van der Waals surface area (Å²) in [6, 6.07) is 3.40. The Morgan fingerprint density at radius 3 is 2.85 bits per heavy atom. The molecule has 6 heteroatoms. The maximum atomic E-state index is 12.4. The highest BCUT2D eigenvalue weighted by atomic mass is 16.4. The van der Waals surface area contributed by atoms with Gasteiger partial charge in [0, 0.05) is 38.9 Å². The standard InChI is InChI=1S/C14H19N3O3/c1-16(2)12-8-10(5-6-15-12)13(18)17-7-3-4-11(9-17)14(19)20/h5-6,8,11H,3-4,7,9H2,1-2H3,(H,19,20). The van der Waals surface area contributed by atoms with E-state index in [1.807, 2.05) is 19.0 Å². The summed E-state index contributed by atoms with van der Waals surface area (Å²) >= 11 is 0. The molecular weight excluding hydrogens is 258 g/mol. The highest BCUT2D eigenvalue weighted by Gasteiger charge is 2.28. The number of rotatable bonds is 3. The highest BCUT2D eigenvalue weighted by molar-refractivity contribution is 5.95. The van der Waals surface area contributed by atoms with E-state index in [0.717, 1.165) is 6.42 Å². The fourth-order valence-electron chi connectivity index (χ4n) is 2.34. The molecule has 0 spiro atoms. The molecule has 1 N–H and O–H groups in total. The Balaban J connectivity index is 2.14. The summed E-state index contributed by atoms with van der Waals surface area (Å²) in [7, 11) is 3.72. The first-order chi connectivity index (χ1) is 9.49. The molecule has 1 aliphatic rings. The van der Waals surface area contributed by atoms with Gasteiger partial charge in [-0.25, -0.2) is 4.98 Å². The lowest BCUT2D eigenvalue weighted by molar-refractivity contribution is -0.143. The van der Waals surface area contributed by atoms with Crippen LogP contribution in [0.25, 0.3) is 0 Å². The van der Waals surface area contributed by atoms with Crippen molar-refractivity contribution in [2.45, 2.75) is 12.8 Å². The normalized spacial score (nSPS) is 18.7. The molecule has 1 amide bonds. The van der Waals surface area contributed by atoms with Crippen LogP contribution in [0.4, 0.5) is 5.82 Å². The van der Waals surface area contributed by atoms with Crippen LogP contribution in [0, 0.1) is 5.92 Å². The lowest BCUT2D eigenvalue weighted by Gasteiger charge is -2.30. The topological polar surface area (TPSA) is 73.7 Å². The van der Waals surface area contributed by atoms with Gasteiger partial charge in [0.1, 0.15) is 5.82 Å². The van der Waals surface area contributed by atoms with Gasteiger partial charge in [0.15, 0.2) is 0 Å². The Bertz CT molecular complexity index is 516. The highest BCUT2D eigenvalue weighted by Crippen LogP contribution is 2.19. The zero-order valence-corrected chi connectivity index (χ0v) is 11.7. The van der Waals surface area contributed by atoms with E-state index in [9.17, 15) is 9.59 Å².